The number of nitrogens with one attached hydrogen (secondary N) is 1. The lowest BCUT2D eigenvalue weighted by molar-refractivity contribution is -0.383. The molecule has 20 heavy (non-hydrogen) atoms. The molecule has 2 aromatic rings. The number of rotatable bonds is 6. The number of nitro benzene ring substituents is 1. The monoisotopic (exact) mass is 273 g/mol. The first kappa shape index (κ1) is 14.2. The molecular weight excluding hydrogens is 254 g/mol. The lowest BCUT2D eigenvalue weighted by Crippen LogP contribution is -2.18. The molecule has 0 saturated carbocycles. The molecule has 0 aliphatic carbocycles. The summed E-state index contributed by atoms with van der Waals surface area (Å²) in [6, 6.07) is 7.32. The van der Waals surface area contributed by atoms with Crippen LogP contribution >= 0.6 is 0 Å². The van der Waals surface area contributed by atoms with Crippen molar-refractivity contribution in [2.24, 2.45) is 0 Å². The van der Waals surface area contributed by atoms with Gasteiger partial charge in [-0.05, 0) is 18.9 Å². The molecule has 0 radical (unpaired) electrons. The molecule has 2 rings (SSSR count). The molecule has 0 amide bonds. The van der Waals surface area contributed by atoms with Gasteiger partial charge in [0.15, 0.2) is 0 Å². The summed E-state index contributed by atoms with van der Waals surface area (Å²) in [5.41, 5.74) is 1.41. The van der Waals surface area contributed by atoms with Gasteiger partial charge >= 0.3 is 0 Å². The number of aromatic nitrogens is 1. The fourth-order valence-corrected chi connectivity index (χ4v) is 2.38. The number of fused-ring (bicyclic) bond motifs is 1. The molecule has 0 aliphatic heterocycles. The SMILES string of the molecule is CCCC(CC)Nc1ccnc2c([N+](=O)[O-])cccc12. The minimum Gasteiger partial charge on any atom is -0.382 e. The van der Waals surface area contributed by atoms with E-state index in [1.165, 1.54) is 6.07 Å². The van der Waals surface area contributed by atoms with Crippen LogP contribution in [0.15, 0.2) is 30.5 Å². The maximum Gasteiger partial charge on any atom is 0.295 e. The van der Waals surface area contributed by atoms with Crippen LogP contribution in [0.25, 0.3) is 10.9 Å². The maximum atomic E-state index is 11.1. The first-order valence-electron chi connectivity index (χ1n) is 6.96. The Morgan fingerprint density at radius 2 is 2.15 bits per heavy atom. The Morgan fingerprint density at radius 3 is 2.80 bits per heavy atom. The van der Waals surface area contributed by atoms with Crippen molar-refractivity contribution in [3.8, 4) is 0 Å². The summed E-state index contributed by atoms with van der Waals surface area (Å²) in [5.74, 6) is 0. The summed E-state index contributed by atoms with van der Waals surface area (Å²) in [6.07, 6.45) is 4.83. The third-order valence-corrected chi connectivity index (χ3v) is 3.44. The van der Waals surface area contributed by atoms with Gasteiger partial charge in [0.2, 0.25) is 0 Å². The van der Waals surface area contributed by atoms with Crippen molar-refractivity contribution >= 4 is 22.3 Å². The second kappa shape index (κ2) is 6.32. The Balaban J connectivity index is 2.44. The van der Waals surface area contributed by atoms with Crippen molar-refractivity contribution in [2.75, 3.05) is 5.32 Å². The molecule has 1 aromatic carbocycles. The van der Waals surface area contributed by atoms with Crippen LogP contribution < -0.4 is 5.32 Å². The van der Waals surface area contributed by atoms with Crippen LogP contribution in [-0.4, -0.2) is 15.9 Å². The highest BCUT2D eigenvalue weighted by Gasteiger charge is 2.15. The molecule has 0 spiro atoms. The van der Waals surface area contributed by atoms with E-state index in [-0.39, 0.29) is 10.6 Å². The topological polar surface area (TPSA) is 68.1 Å². The highest BCUT2D eigenvalue weighted by Crippen LogP contribution is 2.29. The van der Waals surface area contributed by atoms with E-state index in [9.17, 15) is 10.1 Å². The van der Waals surface area contributed by atoms with Crippen molar-refractivity contribution < 1.29 is 4.92 Å². The van der Waals surface area contributed by atoms with E-state index < -0.39 is 0 Å². The van der Waals surface area contributed by atoms with Crippen molar-refractivity contribution in [3.63, 3.8) is 0 Å². The molecule has 0 saturated heterocycles. The molecule has 1 atom stereocenters. The number of nitro groups is 1. The van der Waals surface area contributed by atoms with Gasteiger partial charge < -0.3 is 5.32 Å². The van der Waals surface area contributed by atoms with E-state index >= 15 is 0 Å². The fourth-order valence-electron chi connectivity index (χ4n) is 2.38. The number of nitrogens with zero attached hydrogens (tertiary/aromatic N) is 2. The quantitative estimate of drug-likeness (QED) is 0.634. The van der Waals surface area contributed by atoms with Crippen LogP contribution in [-0.2, 0) is 0 Å². The van der Waals surface area contributed by atoms with Crippen LogP contribution in [0.3, 0.4) is 0 Å². The maximum absolute atomic E-state index is 11.1. The fraction of sp³-hybridized carbons (Fsp3) is 0.400. The van der Waals surface area contributed by atoms with Crippen LogP contribution in [0.4, 0.5) is 11.4 Å². The minimum atomic E-state index is -0.386. The van der Waals surface area contributed by atoms with Crippen LogP contribution in [0.2, 0.25) is 0 Å². The summed E-state index contributed by atoms with van der Waals surface area (Å²) in [7, 11) is 0. The Bertz CT molecular complexity index is 613. The number of benzene rings is 1. The summed E-state index contributed by atoms with van der Waals surface area (Å²) >= 11 is 0. The number of hydrogen-bond donors (Lipinski definition) is 1. The van der Waals surface area contributed by atoms with E-state index in [1.54, 1.807) is 12.3 Å². The summed E-state index contributed by atoms with van der Waals surface area (Å²) in [6.45, 7) is 4.29. The highest BCUT2D eigenvalue weighted by atomic mass is 16.6. The van der Waals surface area contributed by atoms with E-state index in [2.05, 4.69) is 24.1 Å². The summed E-state index contributed by atoms with van der Waals surface area (Å²) in [5, 5.41) is 15.3. The zero-order valence-corrected chi connectivity index (χ0v) is 11.8. The predicted octanol–water partition coefficient (Wildman–Crippen LogP) is 4.13. The number of non-ortho nitro benzene ring substituents is 1. The Morgan fingerprint density at radius 1 is 1.35 bits per heavy atom. The Labute approximate surface area is 118 Å². The van der Waals surface area contributed by atoms with Gasteiger partial charge in [-0.25, -0.2) is 4.98 Å². The second-order valence-electron chi connectivity index (χ2n) is 4.83. The predicted molar refractivity (Wildman–Crippen MR) is 81.0 cm³/mol. The molecule has 5 nitrogen and oxygen atoms in total. The molecule has 0 aliphatic rings. The van der Waals surface area contributed by atoms with Crippen LogP contribution in [0.5, 0.6) is 0 Å². The summed E-state index contributed by atoms with van der Waals surface area (Å²) < 4.78 is 0. The molecular formula is C15H19N3O2. The van der Waals surface area contributed by atoms with Gasteiger partial charge in [0, 0.05) is 29.4 Å². The zero-order chi connectivity index (χ0) is 14.5. The van der Waals surface area contributed by atoms with Gasteiger partial charge in [0.05, 0.1) is 4.92 Å². The number of pyridine rings is 1. The van der Waals surface area contributed by atoms with Crippen LogP contribution in [0.1, 0.15) is 33.1 Å². The standard InChI is InChI=1S/C15H19N3O2/c1-3-6-11(4-2)17-13-9-10-16-15-12(13)7-5-8-14(15)18(19)20/h5,7-11H,3-4,6H2,1-2H3,(H,16,17). The first-order chi connectivity index (χ1) is 9.67. The summed E-state index contributed by atoms with van der Waals surface area (Å²) in [4.78, 5) is 14.8. The second-order valence-corrected chi connectivity index (χ2v) is 4.83. The molecule has 1 heterocycles. The number of para-hydroxylation sites is 1. The van der Waals surface area contributed by atoms with Crippen LogP contribution in [0, 0.1) is 10.1 Å². The van der Waals surface area contributed by atoms with Gasteiger partial charge in [0.1, 0.15) is 5.52 Å². The number of hydrogen-bond acceptors (Lipinski definition) is 4. The highest BCUT2D eigenvalue weighted by molar-refractivity contribution is 5.96. The van der Waals surface area contributed by atoms with E-state index in [0.29, 0.717) is 11.6 Å². The van der Waals surface area contributed by atoms with Gasteiger partial charge in [-0.2, -0.15) is 0 Å². The average molecular weight is 273 g/mol. The molecule has 1 unspecified atom stereocenters. The lowest BCUT2D eigenvalue weighted by atomic mass is 10.1. The molecule has 1 N–H and O–H groups in total. The molecule has 5 heteroatoms. The van der Waals surface area contributed by atoms with E-state index in [4.69, 9.17) is 0 Å². The van der Waals surface area contributed by atoms with E-state index in [0.717, 1.165) is 30.3 Å². The first-order valence-corrected chi connectivity index (χ1v) is 6.96. The Hall–Kier alpha value is -2.17. The smallest absolute Gasteiger partial charge is 0.295 e. The van der Waals surface area contributed by atoms with Gasteiger partial charge in [-0.3, -0.25) is 10.1 Å². The largest absolute Gasteiger partial charge is 0.382 e. The van der Waals surface area contributed by atoms with Crippen molar-refractivity contribution in [1.82, 2.24) is 4.98 Å². The number of anilines is 1. The molecule has 1 aromatic heterocycles. The van der Waals surface area contributed by atoms with Gasteiger partial charge in [0.25, 0.3) is 5.69 Å². The van der Waals surface area contributed by atoms with Gasteiger partial charge in [-0.1, -0.05) is 32.4 Å². The zero-order valence-electron chi connectivity index (χ0n) is 11.8. The molecule has 0 fully saturated rings. The average Bonchev–Trinajstić information content (AvgIpc) is 2.46. The van der Waals surface area contributed by atoms with Crippen molar-refractivity contribution in [2.45, 2.75) is 39.2 Å². The lowest BCUT2D eigenvalue weighted by Gasteiger charge is -2.18. The third-order valence-electron chi connectivity index (χ3n) is 3.44. The third kappa shape index (κ3) is 2.87. The van der Waals surface area contributed by atoms with Crippen molar-refractivity contribution in [3.05, 3.63) is 40.6 Å². The van der Waals surface area contributed by atoms with Crippen molar-refractivity contribution in [1.29, 1.82) is 0 Å². The minimum absolute atomic E-state index is 0.0506. The van der Waals surface area contributed by atoms with E-state index in [1.807, 2.05) is 12.1 Å². The van der Waals surface area contributed by atoms with Gasteiger partial charge in [-0.15, -0.1) is 0 Å². The normalized spacial score (nSPS) is 12.3. The Kier molecular flexibility index (Phi) is 4.50. The molecule has 106 valence electrons. The molecule has 0 bridgehead atoms.